The zero-order valence-electron chi connectivity index (χ0n) is 11.5. The average Bonchev–Trinajstić information content (AvgIpc) is 2.46. The summed E-state index contributed by atoms with van der Waals surface area (Å²) in [6.45, 7) is 0. The van der Waals surface area contributed by atoms with Crippen LogP contribution in [0.4, 0.5) is 8.78 Å². The highest BCUT2D eigenvalue weighted by Gasteiger charge is 2.29. The highest BCUT2D eigenvalue weighted by Crippen LogP contribution is 2.41. The topological polar surface area (TPSA) is 44.5 Å². The average molecular weight is 291 g/mol. The van der Waals surface area contributed by atoms with E-state index in [9.17, 15) is 8.78 Å². The van der Waals surface area contributed by atoms with Gasteiger partial charge in [0.05, 0.1) is 7.11 Å². The molecular formula is C16H15F2NO2. The number of ether oxygens (including phenoxy) is 2. The van der Waals surface area contributed by atoms with E-state index < -0.39 is 17.7 Å². The van der Waals surface area contributed by atoms with Crippen molar-refractivity contribution < 1.29 is 18.3 Å². The highest BCUT2D eigenvalue weighted by molar-refractivity contribution is 5.44. The molecule has 1 heterocycles. The summed E-state index contributed by atoms with van der Waals surface area (Å²) in [6, 6.07) is 8.57. The van der Waals surface area contributed by atoms with Crippen LogP contribution in [0.25, 0.3) is 0 Å². The van der Waals surface area contributed by atoms with Crippen LogP contribution in [0.15, 0.2) is 36.4 Å². The second-order valence-electron chi connectivity index (χ2n) is 5.02. The van der Waals surface area contributed by atoms with Gasteiger partial charge < -0.3 is 15.2 Å². The molecule has 2 atom stereocenters. The summed E-state index contributed by atoms with van der Waals surface area (Å²) in [5, 5.41) is 0. The van der Waals surface area contributed by atoms with Crippen molar-refractivity contribution in [1.82, 2.24) is 0 Å². The molecule has 0 fully saturated rings. The van der Waals surface area contributed by atoms with Gasteiger partial charge in [0.2, 0.25) is 0 Å². The molecule has 2 aromatic carbocycles. The molecule has 0 aromatic heterocycles. The summed E-state index contributed by atoms with van der Waals surface area (Å²) in [5.41, 5.74) is 7.29. The van der Waals surface area contributed by atoms with Crippen molar-refractivity contribution in [3.63, 3.8) is 0 Å². The second-order valence-corrected chi connectivity index (χ2v) is 5.02. The number of fused-ring (bicyclic) bond motifs is 1. The minimum absolute atomic E-state index is 0.269. The van der Waals surface area contributed by atoms with Gasteiger partial charge in [0.25, 0.3) is 0 Å². The third-order valence-electron chi connectivity index (χ3n) is 3.67. The second kappa shape index (κ2) is 5.33. The fraction of sp³-hybridized carbons (Fsp3) is 0.250. The first-order valence-corrected chi connectivity index (χ1v) is 6.63. The van der Waals surface area contributed by atoms with Crippen LogP contribution in [0, 0.1) is 11.6 Å². The fourth-order valence-electron chi connectivity index (χ4n) is 2.56. The normalized spacial score (nSPS) is 20.6. The quantitative estimate of drug-likeness (QED) is 0.921. The molecule has 0 saturated heterocycles. The van der Waals surface area contributed by atoms with E-state index in [2.05, 4.69) is 0 Å². The largest absolute Gasteiger partial charge is 0.497 e. The van der Waals surface area contributed by atoms with Gasteiger partial charge in [-0.2, -0.15) is 0 Å². The van der Waals surface area contributed by atoms with E-state index in [-0.39, 0.29) is 6.04 Å². The summed E-state index contributed by atoms with van der Waals surface area (Å²) >= 11 is 0. The van der Waals surface area contributed by atoms with E-state index in [0.717, 1.165) is 11.6 Å². The lowest BCUT2D eigenvalue weighted by Crippen LogP contribution is -2.24. The van der Waals surface area contributed by atoms with Gasteiger partial charge in [0, 0.05) is 35.7 Å². The summed E-state index contributed by atoms with van der Waals surface area (Å²) < 4.78 is 37.9. The zero-order chi connectivity index (χ0) is 15.0. The SMILES string of the molecule is COc1ccc2c(c1)OC(c1ccc(F)cc1F)CC2N. The summed E-state index contributed by atoms with van der Waals surface area (Å²) in [5.74, 6) is -0.0278. The molecule has 0 spiro atoms. The highest BCUT2D eigenvalue weighted by atomic mass is 19.1. The van der Waals surface area contributed by atoms with E-state index in [1.807, 2.05) is 6.07 Å². The van der Waals surface area contributed by atoms with Gasteiger partial charge in [-0.3, -0.25) is 0 Å². The molecule has 5 heteroatoms. The minimum Gasteiger partial charge on any atom is -0.497 e. The predicted octanol–water partition coefficient (Wildman–Crippen LogP) is 3.50. The molecule has 1 aliphatic heterocycles. The minimum atomic E-state index is -0.626. The van der Waals surface area contributed by atoms with Gasteiger partial charge in [0.15, 0.2) is 0 Å². The Morgan fingerprint density at radius 2 is 1.90 bits per heavy atom. The number of benzene rings is 2. The molecule has 2 unspecified atom stereocenters. The summed E-state index contributed by atoms with van der Waals surface area (Å²) in [7, 11) is 1.56. The van der Waals surface area contributed by atoms with Gasteiger partial charge in [0.1, 0.15) is 29.2 Å². The third-order valence-corrected chi connectivity index (χ3v) is 3.67. The third kappa shape index (κ3) is 2.56. The van der Waals surface area contributed by atoms with Crippen LogP contribution in [0.5, 0.6) is 11.5 Å². The van der Waals surface area contributed by atoms with E-state index in [1.54, 1.807) is 19.2 Å². The monoisotopic (exact) mass is 291 g/mol. The number of methoxy groups -OCH3 is 1. The molecule has 0 radical (unpaired) electrons. The maximum absolute atomic E-state index is 13.9. The van der Waals surface area contributed by atoms with E-state index in [4.69, 9.17) is 15.2 Å². The van der Waals surface area contributed by atoms with Crippen molar-refractivity contribution >= 4 is 0 Å². The van der Waals surface area contributed by atoms with Gasteiger partial charge in [-0.15, -0.1) is 0 Å². The predicted molar refractivity (Wildman–Crippen MR) is 74.3 cm³/mol. The molecule has 21 heavy (non-hydrogen) atoms. The molecule has 0 aliphatic carbocycles. The lowest BCUT2D eigenvalue weighted by atomic mass is 9.93. The number of rotatable bonds is 2. The Hall–Kier alpha value is -2.14. The number of nitrogens with two attached hydrogens (primary N) is 1. The standard InChI is InChI=1S/C16H15F2NO2/c1-20-10-3-5-12-14(19)8-16(21-15(12)7-10)11-4-2-9(17)6-13(11)18/h2-7,14,16H,8,19H2,1H3. The van der Waals surface area contributed by atoms with E-state index >= 15 is 0 Å². The van der Waals surface area contributed by atoms with Crippen LogP contribution in [0.3, 0.4) is 0 Å². The summed E-state index contributed by atoms with van der Waals surface area (Å²) in [4.78, 5) is 0. The zero-order valence-corrected chi connectivity index (χ0v) is 11.5. The molecular weight excluding hydrogens is 276 g/mol. The lowest BCUT2D eigenvalue weighted by Gasteiger charge is -2.31. The summed E-state index contributed by atoms with van der Waals surface area (Å²) in [6.07, 6.45) is -0.109. The van der Waals surface area contributed by atoms with Gasteiger partial charge >= 0.3 is 0 Å². The molecule has 0 bridgehead atoms. The molecule has 0 amide bonds. The number of halogens is 2. The Morgan fingerprint density at radius 3 is 2.62 bits per heavy atom. The lowest BCUT2D eigenvalue weighted by molar-refractivity contribution is 0.156. The van der Waals surface area contributed by atoms with Crippen LogP contribution in [-0.4, -0.2) is 7.11 Å². The van der Waals surface area contributed by atoms with Gasteiger partial charge in [-0.05, 0) is 18.2 Å². The first kappa shape index (κ1) is 13.8. The first-order chi connectivity index (χ1) is 10.1. The van der Waals surface area contributed by atoms with Crippen LogP contribution in [0.2, 0.25) is 0 Å². The Morgan fingerprint density at radius 1 is 1.14 bits per heavy atom. The maximum atomic E-state index is 13.9. The number of hydrogen-bond acceptors (Lipinski definition) is 3. The van der Waals surface area contributed by atoms with Crippen molar-refractivity contribution in [2.45, 2.75) is 18.6 Å². The van der Waals surface area contributed by atoms with Gasteiger partial charge in [-0.25, -0.2) is 8.78 Å². The van der Waals surface area contributed by atoms with Gasteiger partial charge in [-0.1, -0.05) is 6.07 Å². The van der Waals surface area contributed by atoms with Crippen molar-refractivity contribution in [2.75, 3.05) is 7.11 Å². The van der Waals surface area contributed by atoms with Crippen LogP contribution in [0.1, 0.15) is 29.7 Å². The smallest absolute Gasteiger partial charge is 0.133 e. The van der Waals surface area contributed by atoms with Crippen molar-refractivity contribution in [3.8, 4) is 11.5 Å². The van der Waals surface area contributed by atoms with E-state index in [1.165, 1.54) is 12.1 Å². The molecule has 3 rings (SSSR count). The maximum Gasteiger partial charge on any atom is 0.133 e. The van der Waals surface area contributed by atoms with E-state index in [0.29, 0.717) is 23.5 Å². The van der Waals surface area contributed by atoms with Crippen molar-refractivity contribution in [3.05, 3.63) is 59.2 Å². The Bertz CT molecular complexity index is 675. The molecule has 3 nitrogen and oxygen atoms in total. The Labute approximate surface area is 121 Å². The van der Waals surface area contributed by atoms with Crippen LogP contribution < -0.4 is 15.2 Å². The Balaban J connectivity index is 1.96. The fourth-order valence-corrected chi connectivity index (χ4v) is 2.56. The van der Waals surface area contributed by atoms with Crippen LogP contribution in [-0.2, 0) is 0 Å². The number of hydrogen-bond donors (Lipinski definition) is 1. The molecule has 2 N–H and O–H groups in total. The molecule has 1 aliphatic rings. The van der Waals surface area contributed by atoms with Crippen molar-refractivity contribution in [2.24, 2.45) is 5.73 Å². The molecule has 0 saturated carbocycles. The molecule has 110 valence electrons. The van der Waals surface area contributed by atoms with Crippen molar-refractivity contribution in [1.29, 1.82) is 0 Å². The first-order valence-electron chi connectivity index (χ1n) is 6.63. The van der Waals surface area contributed by atoms with Crippen LogP contribution >= 0.6 is 0 Å². The molecule has 2 aromatic rings. The Kier molecular flexibility index (Phi) is 3.51.